The summed E-state index contributed by atoms with van der Waals surface area (Å²) in [6, 6.07) is 1.39. The second-order valence-electron chi connectivity index (χ2n) is 2.69. The van der Waals surface area contributed by atoms with E-state index in [4.69, 9.17) is 4.74 Å². The van der Waals surface area contributed by atoms with Gasteiger partial charge in [0.05, 0.1) is 12.2 Å². The molecule has 1 rings (SSSR count). The highest BCUT2D eigenvalue weighted by Gasteiger charge is 2.34. The standard InChI is InChI=1S/C9H7BrF4O/c1-2-15-8-3-5(9(12,13)14)6(10)4-7(8)11/h3-4H,2H2,1H3. The average Bonchev–Trinajstić information content (AvgIpc) is 2.07. The summed E-state index contributed by atoms with van der Waals surface area (Å²) in [5, 5.41) is 0. The first kappa shape index (κ1) is 12.3. The summed E-state index contributed by atoms with van der Waals surface area (Å²) in [5.74, 6) is -1.22. The largest absolute Gasteiger partial charge is 0.491 e. The molecule has 0 unspecified atom stereocenters. The van der Waals surface area contributed by atoms with Crippen LogP contribution in [0.3, 0.4) is 0 Å². The molecular weight excluding hydrogens is 280 g/mol. The summed E-state index contributed by atoms with van der Waals surface area (Å²) in [5.41, 5.74) is -0.952. The lowest BCUT2D eigenvalue weighted by molar-refractivity contribution is -0.138. The van der Waals surface area contributed by atoms with Crippen molar-refractivity contribution < 1.29 is 22.3 Å². The number of rotatable bonds is 2. The van der Waals surface area contributed by atoms with Crippen molar-refractivity contribution in [2.24, 2.45) is 0 Å². The number of benzene rings is 1. The van der Waals surface area contributed by atoms with Gasteiger partial charge >= 0.3 is 6.18 Å². The summed E-state index contributed by atoms with van der Waals surface area (Å²) in [6.45, 7) is 1.67. The van der Waals surface area contributed by atoms with Crippen LogP contribution in [0, 0.1) is 5.82 Å². The lowest BCUT2D eigenvalue weighted by Crippen LogP contribution is -2.07. The Bertz CT molecular complexity index is 362. The normalized spacial score (nSPS) is 11.6. The van der Waals surface area contributed by atoms with Crippen molar-refractivity contribution in [3.63, 3.8) is 0 Å². The Labute approximate surface area is 92.2 Å². The fraction of sp³-hybridized carbons (Fsp3) is 0.333. The van der Waals surface area contributed by atoms with Gasteiger partial charge < -0.3 is 4.74 Å². The lowest BCUT2D eigenvalue weighted by atomic mass is 10.2. The molecule has 0 atom stereocenters. The predicted octanol–water partition coefficient (Wildman–Crippen LogP) is 4.01. The van der Waals surface area contributed by atoms with Crippen LogP contribution in [0.5, 0.6) is 5.75 Å². The number of ether oxygens (including phenoxy) is 1. The van der Waals surface area contributed by atoms with E-state index in [-0.39, 0.29) is 11.1 Å². The van der Waals surface area contributed by atoms with Gasteiger partial charge in [0, 0.05) is 4.47 Å². The van der Waals surface area contributed by atoms with E-state index in [1.54, 1.807) is 6.92 Å². The van der Waals surface area contributed by atoms with E-state index in [1.807, 2.05) is 0 Å². The SMILES string of the molecule is CCOc1cc(C(F)(F)F)c(Br)cc1F. The molecule has 0 saturated heterocycles. The van der Waals surface area contributed by atoms with Crippen LogP contribution in [0.1, 0.15) is 12.5 Å². The van der Waals surface area contributed by atoms with Crippen molar-refractivity contribution in [3.05, 3.63) is 28.0 Å². The van der Waals surface area contributed by atoms with Crippen LogP contribution in [-0.4, -0.2) is 6.61 Å². The highest BCUT2D eigenvalue weighted by Crippen LogP contribution is 2.38. The number of hydrogen-bond donors (Lipinski definition) is 0. The maximum atomic E-state index is 13.1. The van der Waals surface area contributed by atoms with E-state index in [1.165, 1.54) is 0 Å². The average molecular weight is 287 g/mol. The summed E-state index contributed by atoms with van der Waals surface area (Å²) in [7, 11) is 0. The molecular formula is C9H7BrF4O. The molecule has 0 amide bonds. The Balaban J connectivity index is 3.23. The van der Waals surface area contributed by atoms with E-state index >= 15 is 0 Å². The van der Waals surface area contributed by atoms with Gasteiger partial charge in [-0.2, -0.15) is 13.2 Å². The Morgan fingerprint density at radius 1 is 1.33 bits per heavy atom. The van der Waals surface area contributed by atoms with Gasteiger partial charge in [0.15, 0.2) is 11.6 Å². The molecule has 0 aliphatic carbocycles. The Kier molecular flexibility index (Phi) is 3.59. The van der Waals surface area contributed by atoms with E-state index < -0.39 is 23.3 Å². The van der Waals surface area contributed by atoms with E-state index in [0.29, 0.717) is 6.07 Å². The molecule has 0 heterocycles. The quantitative estimate of drug-likeness (QED) is 0.747. The molecule has 0 aliphatic rings. The molecule has 0 bridgehead atoms. The molecule has 0 N–H and O–H groups in total. The van der Waals surface area contributed by atoms with Gasteiger partial charge in [0.1, 0.15) is 0 Å². The molecule has 1 nitrogen and oxygen atoms in total. The third kappa shape index (κ3) is 2.84. The van der Waals surface area contributed by atoms with Crippen LogP contribution < -0.4 is 4.74 Å². The molecule has 15 heavy (non-hydrogen) atoms. The second-order valence-corrected chi connectivity index (χ2v) is 3.55. The fourth-order valence-electron chi connectivity index (χ4n) is 1.01. The minimum atomic E-state index is -4.53. The number of halogens is 5. The molecule has 84 valence electrons. The van der Waals surface area contributed by atoms with E-state index in [9.17, 15) is 17.6 Å². The van der Waals surface area contributed by atoms with Gasteiger partial charge in [-0.1, -0.05) is 15.9 Å². The zero-order chi connectivity index (χ0) is 11.6. The third-order valence-corrected chi connectivity index (χ3v) is 2.28. The minimum absolute atomic E-state index is 0.107. The Hall–Kier alpha value is -0.780. The van der Waals surface area contributed by atoms with E-state index in [2.05, 4.69) is 15.9 Å². The fourth-order valence-corrected chi connectivity index (χ4v) is 1.55. The molecule has 0 saturated carbocycles. The van der Waals surface area contributed by atoms with Crippen LogP contribution in [-0.2, 0) is 6.18 Å². The van der Waals surface area contributed by atoms with Crippen LogP contribution in [0.25, 0.3) is 0 Å². The minimum Gasteiger partial charge on any atom is -0.491 e. The summed E-state index contributed by atoms with van der Waals surface area (Å²) < 4.78 is 54.7. The molecule has 0 aromatic heterocycles. The molecule has 0 radical (unpaired) electrons. The van der Waals surface area contributed by atoms with Gasteiger partial charge in [-0.25, -0.2) is 4.39 Å². The number of alkyl halides is 3. The van der Waals surface area contributed by atoms with Crippen molar-refractivity contribution in [1.29, 1.82) is 0 Å². The number of hydrogen-bond acceptors (Lipinski definition) is 1. The van der Waals surface area contributed by atoms with Crippen molar-refractivity contribution in [1.82, 2.24) is 0 Å². The van der Waals surface area contributed by atoms with Crippen LogP contribution >= 0.6 is 15.9 Å². The third-order valence-electron chi connectivity index (χ3n) is 1.63. The monoisotopic (exact) mass is 286 g/mol. The molecule has 1 aromatic rings. The first-order chi connectivity index (χ1) is 6.86. The summed E-state index contributed by atoms with van der Waals surface area (Å²) in [4.78, 5) is 0. The van der Waals surface area contributed by atoms with Crippen molar-refractivity contribution in [2.45, 2.75) is 13.1 Å². The topological polar surface area (TPSA) is 9.23 Å². The maximum absolute atomic E-state index is 13.1. The highest BCUT2D eigenvalue weighted by molar-refractivity contribution is 9.10. The van der Waals surface area contributed by atoms with E-state index in [0.717, 1.165) is 6.07 Å². The van der Waals surface area contributed by atoms with Gasteiger partial charge in [0.2, 0.25) is 0 Å². The maximum Gasteiger partial charge on any atom is 0.417 e. The van der Waals surface area contributed by atoms with Gasteiger partial charge in [-0.15, -0.1) is 0 Å². The first-order valence-electron chi connectivity index (χ1n) is 4.05. The predicted molar refractivity (Wildman–Crippen MR) is 50.3 cm³/mol. The second kappa shape index (κ2) is 4.38. The molecule has 0 fully saturated rings. The van der Waals surface area contributed by atoms with Crippen molar-refractivity contribution in [2.75, 3.05) is 6.61 Å². The highest BCUT2D eigenvalue weighted by atomic mass is 79.9. The Morgan fingerprint density at radius 3 is 2.40 bits per heavy atom. The van der Waals surface area contributed by atoms with Crippen LogP contribution in [0.15, 0.2) is 16.6 Å². The summed E-state index contributed by atoms with van der Waals surface area (Å²) >= 11 is 2.65. The zero-order valence-electron chi connectivity index (χ0n) is 7.66. The van der Waals surface area contributed by atoms with Crippen LogP contribution in [0.4, 0.5) is 17.6 Å². The lowest BCUT2D eigenvalue weighted by Gasteiger charge is -2.12. The Morgan fingerprint density at radius 2 is 1.93 bits per heavy atom. The smallest absolute Gasteiger partial charge is 0.417 e. The zero-order valence-corrected chi connectivity index (χ0v) is 9.25. The summed E-state index contributed by atoms with van der Waals surface area (Å²) in [6.07, 6.45) is -4.53. The van der Waals surface area contributed by atoms with Crippen LogP contribution in [0.2, 0.25) is 0 Å². The van der Waals surface area contributed by atoms with Gasteiger partial charge in [-0.05, 0) is 19.1 Å². The molecule has 6 heteroatoms. The molecule has 1 aromatic carbocycles. The van der Waals surface area contributed by atoms with Crippen molar-refractivity contribution in [3.8, 4) is 5.75 Å². The molecule has 0 spiro atoms. The van der Waals surface area contributed by atoms with Crippen molar-refractivity contribution >= 4 is 15.9 Å². The van der Waals surface area contributed by atoms with Gasteiger partial charge in [-0.3, -0.25) is 0 Å². The molecule has 0 aliphatic heterocycles. The first-order valence-corrected chi connectivity index (χ1v) is 4.84. The van der Waals surface area contributed by atoms with Gasteiger partial charge in [0.25, 0.3) is 0 Å².